The van der Waals surface area contributed by atoms with Crippen LogP contribution in [0.3, 0.4) is 0 Å². The summed E-state index contributed by atoms with van der Waals surface area (Å²) in [5.41, 5.74) is -2.71. The maximum absolute atomic E-state index is 12.4. The van der Waals surface area contributed by atoms with E-state index in [9.17, 15) is 24.0 Å². The fourth-order valence-electron chi connectivity index (χ4n) is 12.1. The van der Waals surface area contributed by atoms with Crippen molar-refractivity contribution in [1.82, 2.24) is 0 Å². The first kappa shape index (κ1) is 82.4. The molecule has 87 heavy (non-hydrogen) atoms. The fourth-order valence-corrected chi connectivity index (χ4v) is 12.1. The normalized spacial score (nSPS) is 21.0. The summed E-state index contributed by atoms with van der Waals surface area (Å²) in [5.74, 6) is 0.324. The molecule has 5 aliphatic rings. The van der Waals surface area contributed by atoms with E-state index in [1.54, 1.807) is 0 Å². The lowest BCUT2D eigenvalue weighted by atomic mass is 9.78. The molecule has 5 fully saturated rings. The van der Waals surface area contributed by atoms with Crippen LogP contribution >= 0.6 is 0 Å². The van der Waals surface area contributed by atoms with Crippen LogP contribution in [0.4, 0.5) is 0 Å². The van der Waals surface area contributed by atoms with E-state index in [-0.39, 0.29) is 84.9 Å². The van der Waals surface area contributed by atoms with Gasteiger partial charge in [0, 0.05) is 0 Å². The number of carbonyl (C=O) groups excluding carboxylic acids is 5. The SMILES string of the molecule is CCC(C)(C)C(=O)OC1(C(C)C)CCCCCCC1.CCC(C)(C)C(=O)OC1(C)CCCCCC1.CCC(C)(C)C(=O)OC1(C)CCCCCCC1.CCC1(OC(=O)C(C)(C)CC)CCCCCC1.CCC1(OC(=O)C(C)(C)CC)CCCCCCC1. The third-order valence-corrected chi connectivity index (χ3v) is 22.2. The van der Waals surface area contributed by atoms with Crippen LogP contribution in [0.1, 0.15) is 402 Å². The highest BCUT2D eigenvalue weighted by Crippen LogP contribution is 2.41. The number of hydrogen-bond donors (Lipinski definition) is 0. The van der Waals surface area contributed by atoms with Crippen molar-refractivity contribution in [2.24, 2.45) is 33.0 Å². The Balaban J connectivity index is 0.000000544. The van der Waals surface area contributed by atoms with Gasteiger partial charge in [0.2, 0.25) is 0 Å². The van der Waals surface area contributed by atoms with Crippen LogP contribution in [-0.4, -0.2) is 57.9 Å². The zero-order chi connectivity index (χ0) is 66.3. The molecule has 0 saturated heterocycles. The molecule has 5 rings (SSSR count). The van der Waals surface area contributed by atoms with Crippen LogP contribution in [0, 0.1) is 33.0 Å². The molecule has 0 aromatic rings. The Kier molecular flexibility index (Phi) is 36.9. The fraction of sp³-hybridized carbons (Fsp3) is 0.935. The Bertz CT molecular complexity index is 1910. The molecule has 0 N–H and O–H groups in total. The molecule has 512 valence electrons. The van der Waals surface area contributed by atoms with E-state index in [2.05, 4.69) is 55.4 Å². The Morgan fingerprint density at radius 1 is 0.287 bits per heavy atom. The highest BCUT2D eigenvalue weighted by molar-refractivity contribution is 5.78. The van der Waals surface area contributed by atoms with E-state index in [0.717, 1.165) is 109 Å². The smallest absolute Gasteiger partial charge is 0.312 e. The number of rotatable bonds is 18. The van der Waals surface area contributed by atoms with Gasteiger partial charge in [-0.2, -0.15) is 0 Å². The van der Waals surface area contributed by atoms with Crippen LogP contribution < -0.4 is 0 Å². The van der Waals surface area contributed by atoms with Crippen molar-refractivity contribution in [2.45, 2.75) is 430 Å². The number of carbonyl (C=O) groups is 5. The van der Waals surface area contributed by atoms with Gasteiger partial charge in [0.1, 0.15) is 28.0 Å². The third-order valence-electron chi connectivity index (χ3n) is 22.2. The Morgan fingerprint density at radius 3 is 0.678 bits per heavy atom. The van der Waals surface area contributed by atoms with Crippen molar-refractivity contribution in [3.63, 3.8) is 0 Å². The van der Waals surface area contributed by atoms with Gasteiger partial charge in [-0.1, -0.05) is 146 Å². The molecule has 0 radical (unpaired) electrons. The molecule has 10 heteroatoms. The van der Waals surface area contributed by atoms with Gasteiger partial charge in [-0.3, -0.25) is 24.0 Å². The van der Waals surface area contributed by atoms with Gasteiger partial charge in [0.15, 0.2) is 0 Å². The highest BCUT2D eigenvalue weighted by Gasteiger charge is 2.43. The Hall–Kier alpha value is -2.65. The molecule has 0 aromatic heterocycles. The molecule has 0 amide bonds. The van der Waals surface area contributed by atoms with Crippen molar-refractivity contribution in [2.75, 3.05) is 0 Å². The second-order valence-corrected chi connectivity index (χ2v) is 32.0. The summed E-state index contributed by atoms with van der Waals surface area (Å²) in [4.78, 5) is 61.2. The van der Waals surface area contributed by atoms with Gasteiger partial charge in [0.25, 0.3) is 0 Å². The van der Waals surface area contributed by atoms with Crippen LogP contribution in [0.15, 0.2) is 0 Å². The van der Waals surface area contributed by atoms with Crippen molar-refractivity contribution in [1.29, 1.82) is 0 Å². The summed E-state index contributed by atoms with van der Waals surface area (Å²) in [6.45, 7) is 43.0. The first-order chi connectivity index (χ1) is 40.5. The third kappa shape index (κ3) is 29.2. The predicted molar refractivity (Wildman–Crippen MR) is 364 cm³/mol. The average Bonchev–Trinajstić information content (AvgIpc) is 3.51. The van der Waals surface area contributed by atoms with Gasteiger partial charge < -0.3 is 23.7 Å². The summed E-state index contributed by atoms with van der Waals surface area (Å²) < 4.78 is 29.6. The molecule has 0 atom stereocenters. The molecule has 5 saturated carbocycles. The molecule has 0 aliphatic heterocycles. The first-order valence-corrected chi connectivity index (χ1v) is 36.7. The lowest BCUT2D eigenvalue weighted by Crippen LogP contribution is -2.44. The molecule has 0 unspecified atom stereocenters. The standard InChI is InChI=1S/C17H32O2.C16H30O2.2C15H28O2.C14H26O2/c1-6-16(4,5)15(18)19-17(14(2)3)12-10-8-7-9-11-13-17;1-5-15(3,4)14(17)18-16(6-2)12-10-8-7-9-11-13-16;1-5-14(2,3)13(16)17-15(4)11-9-7-6-8-10-12-15;1-5-14(3,4)13(16)17-15(6-2)11-9-7-8-10-12-15;1-5-13(2,3)12(15)16-14(4)10-8-6-7-9-11-14/h14H,6-13H2,1-5H3;5-13H2,1-4H3;2*5-12H2,1-4H3;5-11H2,1-4H3. The summed E-state index contributed by atoms with van der Waals surface area (Å²) in [6, 6.07) is 0. The Labute approximate surface area is 538 Å². The second-order valence-electron chi connectivity index (χ2n) is 32.0. The first-order valence-electron chi connectivity index (χ1n) is 36.7. The number of ether oxygens (including phenoxy) is 5. The summed E-state index contributed by atoms with van der Waals surface area (Å²) in [6.07, 6.45) is 45.3. The van der Waals surface area contributed by atoms with E-state index >= 15 is 0 Å². The predicted octanol–water partition coefficient (Wildman–Crippen LogP) is 23.0. The molecule has 10 nitrogen and oxygen atoms in total. The van der Waals surface area contributed by atoms with Crippen molar-refractivity contribution in [3.05, 3.63) is 0 Å². The van der Waals surface area contributed by atoms with Gasteiger partial charge in [-0.05, 0) is 262 Å². The molecule has 5 aliphatic carbocycles. The minimum absolute atomic E-state index is 0.00702. The van der Waals surface area contributed by atoms with E-state index in [4.69, 9.17) is 23.7 Å². The van der Waals surface area contributed by atoms with Gasteiger partial charge in [0.05, 0.1) is 27.1 Å². The van der Waals surface area contributed by atoms with Gasteiger partial charge >= 0.3 is 29.8 Å². The van der Waals surface area contributed by atoms with Crippen LogP contribution in [0.2, 0.25) is 0 Å². The Morgan fingerprint density at radius 2 is 0.471 bits per heavy atom. The minimum Gasteiger partial charge on any atom is -0.459 e. The topological polar surface area (TPSA) is 132 Å². The molecular formula is C77H144O10. The molecular weight excluding hydrogens is 1080 g/mol. The van der Waals surface area contributed by atoms with Crippen molar-refractivity contribution >= 4 is 29.8 Å². The zero-order valence-corrected chi connectivity index (χ0v) is 61.4. The number of esters is 5. The average molecular weight is 1230 g/mol. The molecule has 0 heterocycles. The summed E-state index contributed by atoms with van der Waals surface area (Å²) in [7, 11) is 0. The highest BCUT2D eigenvalue weighted by atomic mass is 16.6. The van der Waals surface area contributed by atoms with Crippen LogP contribution in [0.25, 0.3) is 0 Å². The van der Waals surface area contributed by atoms with E-state index in [0.29, 0.717) is 5.92 Å². The van der Waals surface area contributed by atoms with Gasteiger partial charge in [-0.25, -0.2) is 0 Å². The van der Waals surface area contributed by atoms with Crippen LogP contribution in [0.5, 0.6) is 0 Å². The molecule has 0 aromatic carbocycles. The maximum atomic E-state index is 12.4. The second kappa shape index (κ2) is 39.0. The largest absolute Gasteiger partial charge is 0.459 e. The van der Waals surface area contributed by atoms with E-state index in [1.807, 2.05) is 90.0 Å². The van der Waals surface area contributed by atoms with E-state index < -0.39 is 0 Å². The van der Waals surface area contributed by atoms with Crippen LogP contribution in [-0.2, 0) is 47.7 Å². The zero-order valence-electron chi connectivity index (χ0n) is 61.4. The molecule has 0 bridgehead atoms. The maximum Gasteiger partial charge on any atom is 0.312 e. The monoisotopic (exact) mass is 1230 g/mol. The lowest BCUT2D eigenvalue weighted by Gasteiger charge is -2.40. The quantitative estimate of drug-likeness (QED) is 0.0742. The summed E-state index contributed by atoms with van der Waals surface area (Å²) in [5, 5.41) is 0. The van der Waals surface area contributed by atoms with Gasteiger partial charge in [-0.15, -0.1) is 0 Å². The number of hydrogen-bond acceptors (Lipinski definition) is 10. The minimum atomic E-state index is -0.357. The molecule has 0 spiro atoms. The van der Waals surface area contributed by atoms with E-state index in [1.165, 1.54) is 148 Å². The lowest BCUT2D eigenvalue weighted by molar-refractivity contribution is -0.179. The van der Waals surface area contributed by atoms with Crippen molar-refractivity contribution < 1.29 is 47.7 Å². The van der Waals surface area contributed by atoms with Crippen molar-refractivity contribution in [3.8, 4) is 0 Å². The summed E-state index contributed by atoms with van der Waals surface area (Å²) >= 11 is 0.